The van der Waals surface area contributed by atoms with Gasteiger partial charge in [0.2, 0.25) is 0 Å². The predicted octanol–water partition coefficient (Wildman–Crippen LogP) is 1.33. The monoisotopic (exact) mass is 329 g/mol. The van der Waals surface area contributed by atoms with Crippen molar-refractivity contribution >= 4 is 21.6 Å². The van der Waals surface area contributed by atoms with Crippen molar-refractivity contribution in [2.75, 3.05) is 37.0 Å². The Morgan fingerprint density at radius 3 is 2.81 bits per heavy atom. The molecule has 2 heterocycles. The Kier molecular flexibility index (Phi) is 4.61. The third-order valence-electron chi connectivity index (χ3n) is 3.55. The maximum Gasteiger partial charge on any atom is 0.162 e. The third kappa shape index (κ3) is 4.05. The molecule has 0 spiro atoms. The molecule has 7 heteroatoms. The lowest BCUT2D eigenvalue weighted by molar-refractivity contribution is 0.171. The first-order valence-corrected chi connectivity index (χ1v) is 9.89. The molecule has 1 aromatic rings. The summed E-state index contributed by atoms with van der Waals surface area (Å²) in [6, 6.07) is 6.08. The Balaban J connectivity index is 1.43. The average Bonchev–Trinajstić information content (AvgIpc) is 2.83. The Morgan fingerprint density at radius 2 is 2.05 bits per heavy atom. The molecule has 21 heavy (non-hydrogen) atoms. The summed E-state index contributed by atoms with van der Waals surface area (Å²) in [6.07, 6.45) is 0.733. The highest BCUT2D eigenvalue weighted by molar-refractivity contribution is 7.99. The molecule has 3 rings (SSSR count). The number of ether oxygens (including phenoxy) is 2. The molecule has 2 aliphatic rings. The highest BCUT2D eigenvalue weighted by Crippen LogP contribution is 2.34. The van der Waals surface area contributed by atoms with Gasteiger partial charge in [0.25, 0.3) is 0 Å². The topological polar surface area (TPSA) is 64.6 Å². The number of fused-ring (bicyclic) bond motifs is 1. The van der Waals surface area contributed by atoms with Crippen molar-refractivity contribution in [2.45, 2.75) is 17.4 Å². The normalized spacial score (nSPS) is 23.1. The minimum Gasteiger partial charge on any atom is -0.486 e. The van der Waals surface area contributed by atoms with Gasteiger partial charge < -0.3 is 14.8 Å². The van der Waals surface area contributed by atoms with Crippen LogP contribution in [0.5, 0.6) is 11.5 Å². The van der Waals surface area contributed by atoms with Crippen LogP contribution in [0.1, 0.15) is 6.42 Å². The maximum absolute atomic E-state index is 11.4. The fourth-order valence-electron chi connectivity index (χ4n) is 2.50. The Morgan fingerprint density at radius 1 is 1.24 bits per heavy atom. The standard InChI is InChI=1S/C14H19NO4S2/c16-21(17)8-3-11(10-21)15-4-7-20-12-1-2-13-14(9-12)19-6-5-18-13/h1-2,9,11,15H,3-8,10H2. The van der Waals surface area contributed by atoms with Crippen LogP contribution < -0.4 is 14.8 Å². The summed E-state index contributed by atoms with van der Waals surface area (Å²) in [5.41, 5.74) is 0. The zero-order valence-electron chi connectivity index (χ0n) is 11.7. The Hall–Kier alpha value is -0.920. The van der Waals surface area contributed by atoms with E-state index in [9.17, 15) is 8.42 Å². The van der Waals surface area contributed by atoms with Crippen molar-refractivity contribution in [3.63, 3.8) is 0 Å². The molecule has 116 valence electrons. The van der Waals surface area contributed by atoms with Crippen LogP contribution in [-0.2, 0) is 9.84 Å². The van der Waals surface area contributed by atoms with Crippen LogP contribution in [0.3, 0.4) is 0 Å². The minimum absolute atomic E-state index is 0.121. The van der Waals surface area contributed by atoms with Gasteiger partial charge in [-0.05, 0) is 24.6 Å². The Labute approximate surface area is 129 Å². The summed E-state index contributed by atoms with van der Waals surface area (Å²) < 4.78 is 33.8. The smallest absolute Gasteiger partial charge is 0.162 e. The minimum atomic E-state index is -2.79. The number of sulfone groups is 1. The van der Waals surface area contributed by atoms with E-state index in [0.717, 1.165) is 35.1 Å². The van der Waals surface area contributed by atoms with Crippen LogP contribution in [0.4, 0.5) is 0 Å². The van der Waals surface area contributed by atoms with Gasteiger partial charge >= 0.3 is 0 Å². The molecule has 2 aliphatic heterocycles. The molecule has 0 saturated carbocycles. The first kappa shape index (κ1) is 15.0. The quantitative estimate of drug-likeness (QED) is 0.649. The van der Waals surface area contributed by atoms with E-state index >= 15 is 0 Å². The second kappa shape index (κ2) is 6.46. The van der Waals surface area contributed by atoms with E-state index in [1.165, 1.54) is 0 Å². The largest absolute Gasteiger partial charge is 0.486 e. The van der Waals surface area contributed by atoms with E-state index < -0.39 is 9.84 Å². The van der Waals surface area contributed by atoms with E-state index in [-0.39, 0.29) is 11.8 Å². The van der Waals surface area contributed by atoms with E-state index in [4.69, 9.17) is 9.47 Å². The summed E-state index contributed by atoms with van der Waals surface area (Å²) in [5.74, 6) is 3.11. The molecule has 1 fully saturated rings. The third-order valence-corrected chi connectivity index (χ3v) is 6.31. The second-order valence-electron chi connectivity index (χ2n) is 5.21. The van der Waals surface area contributed by atoms with Gasteiger partial charge in [0.05, 0.1) is 11.5 Å². The molecule has 1 unspecified atom stereocenters. The van der Waals surface area contributed by atoms with Gasteiger partial charge in [-0.3, -0.25) is 0 Å². The molecule has 0 bridgehead atoms. The lowest BCUT2D eigenvalue weighted by Gasteiger charge is -2.18. The van der Waals surface area contributed by atoms with Crippen molar-refractivity contribution in [1.82, 2.24) is 5.32 Å². The Bertz CT molecular complexity index is 603. The van der Waals surface area contributed by atoms with Gasteiger partial charge in [-0.25, -0.2) is 8.42 Å². The lowest BCUT2D eigenvalue weighted by Crippen LogP contribution is -2.31. The van der Waals surface area contributed by atoms with Crippen LogP contribution in [0.2, 0.25) is 0 Å². The molecule has 1 atom stereocenters. The number of hydrogen-bond acceptors (Lipinski definition) is 6. The maximum atomic E-state index is 11.4. The zero-order valence-corrected chi connectivity index (χ0v) is 13.3. The van der Waals surface area contributed by atoms with Crippen molar-refractivity contribution in [3.8, 4) is 11.5 Å². The first-order chi connectivity index (χ1) is 10.1. The molecule has 1 aromatic carbocycles. The lowest BCUT2D eigenvalue weighted by atomic mass is 10.3. The van der Waals surface area contributed by atoms with Gasteiger partial charge in [-0.15, -0.1) is 11.8 Å². The van der Waals surface area contributed by atoms with E-state index in [2.05, 4.69) is 5.32 Å². The predicted molar refractivity (Wildman–Crippen MR) is 83.2 cm³/mol. The molecular formula is C14H19NO4S2. The highest BCUT2D eigenvalue weighted by Gasteiger charge is 2.26. The van der Waals surface area contributed by atoms with Gasteiger partial charge in [0.15, 0.2) is 21.3 Å². The highest BCUT2D eigenvalue weighted by atomic mass is 32.2. The summed E-state index contributed by atoms with van der Waals surface area (Å²) in [4.78, 5) is 1.14. The number of thioether (sulfide) groups is 1. The molecule has 1 saturated heterocycles. The molecule has 0 amide bonds. The van der Waals surface area contributed by atoms with Crippen LogP contribution in [-0.4, -0.2) is 51.5 Å². The SMILES string of the molecule is O=S1(=O)CCC(NCCSc2ccc3c(c2)OCCO3)C1. The van der Waals surface area contributed by atoms with Crippen LogP contribution in [0.15, 0.2) is 23.1 Å². The number of rotatable bonds is 5. The summed E-state index contributed by atoms with van der Waals surface area (Å²) in [7, 11) is -2.79. The fourth-order valence-corrected chi connectivity index (χ4v) is 5.02. The van der Waals surface area contributed by atoms with Crippen LogP contribution in [0.25, 0.3) is 0 Å². The van der Waals surface area contributed by atoms with Crippen molar-refractivity contribution in [3.05, 3.63) is 18.2 Å². The molecular weight excluding hydrogens is 310 g/mol. The number of benzene rings is 1. The average molecular weight is 329 g/mol. The van der Waals surface area contributed by atoms with E-state index in [0.29, 0.717) is 19.0 Å². The second-order valence-corrected chi connectivity index (χ2v) is 8.61. The zero-order chi connectivity index (χ0) is 14.7. The van der Waals surface area contributed by atoms with Crippen LogP contribution in [0, 0.1) is 0 Å². The number of hydrogen-bond donors (Lipinski definition) is 1. The fraction of sp³-hybridized carbons (Fsp3) is 0.571. The van der Waals surface area contributed by atoms with Gasteiger partial charge in [-0.2, -0.15) is 0 Å². The van der Waals surface area contributed by atoms with Crippen LogP contribution >= 0.6 is 11.8 Å². The summed E-state index contributed by atoms with van der Waals surface area (Å²) in [5, 5.41) is 3.31. The molecule has 0 aromatic heterocycles. The summed E-state index contributed by atoms with van der Waals surface area (Å²) >= 11 is 1.73. The van der Waals surface area contributed by atoms with E-state index in [1.54, 1.807) is 11.8 Å². The molecule has 0 radical (unpaired) electrons. The molecule has 0 aliphatic carbocycles. The van der Waals surface area contributed by atoms with Gasteiger partial charge in [-0.1, -0.05) is 0 Å². The van der Waals surface area contributed by atoms with Crippen molar-refractivity contribution < 1.29 is 17.9 Å². The van der Waals surface area contributed by atoms with Gasteiger partial charge in [0, 0.05) is 23.2 Å². The first-order valence-electron chi connectivity index (χ1n) is 7.09. The number of nitrogens with one attached hydrogen (secondary N) is 1. The summed E-state index contributed by atoms with van der Waals surface area (Å²) in [6.45, 7) is 2.01. The molecule has 1 N–H and O–H groups in total. The van der Waals surface area contributed by atoms with E-state index in [1.807, 2.05) is 18.2 Å². The van der Waals surface area contributed by atoms with Crippen molar-refractivity contribution in [1.29, 1.82) is 0 Å². The van der Waals surface area contributed by atoms with Gasteiger partial charge in [0.1, 0.15) is 13.2 Å². The van der Waals surface area contributed by atoms with Crippen molar-refractivity contribution in [2.24, 2.45) is 0 Å². The molecule has 5 nitrogen and oxygen atoms in total.